The van der Waals surface area contributed by atoms with Crippen molar-refractivity contribution >= 4 is 54.6 Å². The Morgan fingerprint density at radius 3 is 2.26 bits per heavy atom. The molecule has 1 aromatic heterocycles. The first-order valence-electron chi connectivity index (χ1n) is 8.99. The first-order valence-corrected chi connectivity index (χ1v) is 11.5. The highest BCUT2D eigenvalue weighted by molar-refractivity contribution is 7.87. The van der Waals surface area contributed by atoms with Crippen molar-refractivity contribution in [2.24, 2.45) is 0 Å². The zero-order valence-corrected chi connectivity index (χ0v) is 16.1. The van der Waals surface area contributed by atoms with Crippen molar-refractivity contribution in [1.82, 2.24) is 0 Å². The number of hydrogen-bond donors (Lipinski definition) is 0. The Morgan fingerprint density at radius 1 is 0.630 bits per heavy atom. The quantitative estimate of drug-likeness (QED) is 0.335. The molecule has 27 heavy (non-hydrogen) atoms. The van der Waals surface area contributed by atoms with E-state index in [9.17, 15) is 4.57 Å². The standard InChI is InChI=1S/C24H15OPS/c25-26(16-8-2-1-3-9-16)21-12-6-4-10-17(21)19-14-15-20-18-11-5-7-13-22(18)27-24(20)23(19)26/h1-15H. The van der Waals surface area contributed by atoms with E-state index in [1.807, 2.05) is 48.5 Å². The minimum absolute atomic E-state index is 0.918. The van der Waals surface area contributed by atoms with Crippen molar-refractivity contribution in [2.45, 2.75) is 0 Å². The van der Waals surface area contributed by atoms with Gasteiger partial charge in [-0.1, -0.05) is 84.9 Å². The molecule has 0 spiro atoms. The van der Waals surface area contributed by atoms with Gasteiger partial charge in [0.25, 0.3) is 0 Å². The summed E-state index contributed by atoms with van der Waals surface area (Å²) in [6.07, 6.45) is 0. The molecule has 6 rings (SSSR count). The summed E-state index contributed by atoms with van der Waals surface area (Å²) >= 11 is 1.76. The van der Waals surface area contributed by atoms with Crippen molar-refractivity contribution in [3.05, 3.63) is 91.0 Å². The predicted molar refractivity (Wildman–Crippen MR) is 118 cm³/mol. The molecule has 0 fully saturated rings. The van der Waals surface area contributed by atoms with Crippen LogP contribution in [0.4, 0.5) is 0 Å². The molecular weight excluding hydrogens is 367 g/mol. The van der Waals surface area contributed by atoms with E-state index in [-0.39, 0.29) is 0 Å². The van der Waals surface area contributed by atoms with E-state index in [0.29, 0.717) is 0 Å². The fourth-order valence-electron chi connectivity index (χ4n) is 4.31. The molecule has 2 heterocycles. The second-order valence-corrected chi connectivity index (χ2v) is 10.6. The zero-order valence-electron chi connectivity index (χ0n) is 14.4. The van der Waals surface area contributed by atoms with Gasteiger partial charge < -0.3 is 4.57 Å². The Labute approximate surface area is 161 Å². The molecule has 1 aliphatic heterocycles. The molecule has 0 aliphatic carbocycles. The lowest BCUT2D eigenvalue weighted by atomic mass is 10.0. The van der Waals surface area contributed by atoms with Crippen LogP contribution in [-0.2, 0) is 4.57 Å². The second kappa shape index (κ2) is 5.42. The Balaban J connectivity index is 1.83. The van der Waals surface area contributed by atoms with Gasteiger partial charge in [0.2, 0.25) is 0 Å². The normalized spacial score (nSPS) is 17.9. The van der Waals surface area contributed by atoms with Crippen LogP contribution in [0.15, 0.2) is 91.0 Å². The number of thiophene rings is 1. The van der Waals surface area contributed by atoms with Gasteiger partial charge in [0.15, 0.2) is 7.14 Å². The Morgan fingerprint density at radius 2 is 1.37 bits per heavy atom. The maximum absolute atomic E-state index is 14.8. The van der Waals surface area contributed by atoms with Gasteiger partial charge in [0, 0.05) is 36.1 Å². The van der Waals surface area contributed by atoms with Crippen LogP contribution in [0.5, 0.6) is 0 Å². The summed E-state index contributed by atoms with van der Waals surface area (Å²) in [6.45, 7) is 0. The molecule has 1 nitrogen and oxygen atoms in total. The largest absolute Gasteiger partial charge is 0.309 e. The van der Waals surface area contributed by atoms with Gasteiger partial charge in [-0.15, -0.1) is 11.3 Å². The van der Waals surface area contributed by atoms with Crippen LogP contribution in [0.1, 0.15) is 0 Å². The number of benzene rings is 4. The molecule has 5 aromatic rings. The molecule has 0 bridgehead atoms. The Bertz CT molecular complexity index is 1400. The Hall–Kier alpha value is -2.67. The fourth-order valence-corrected chi connectivity index (χ4v) is 9.12. The monoisotopic (exact) mass is 382 g/mol. The van der Waals surface area contributed by atoms with Crippen molar-refractivity contribution in [2.75, 3.05) is 0 Å². The second-order valence-electron chi connectivity index (χ2n) is 6.90. The van der Waals surface area contributed by atoms with E-state index in [1.54, 1.807) is 11.3 Å². The number of rotatable bonds is 1. The molecule has 1 atom stereocenters. The SMILES string of the molecule is O=P1(c2ccccc2)c2ccccc2-c2ccc3c(sc4ccccc43)c21. The van der Waals surface area contributed by atoms with Crippen molar-refractivity contribution in [3.8, 4) is 11.1 Å². The number of fused-ring (bicyclic) bond motifs is 7. The van der Waals surface area contributed by atoms with Crippen LogP contribution in [-0.4, -0.2) is 0 Å². The van der Waals surface area contributed by atoms with Crippen molar-refractivity contribution in [3.63, 3.8) is 0 Å². The summed E-state index contributed by atoms with van der Waals surface area (Å²) in [5.41, 5.74) is 2.23. The van der Waals surface area contributed by atoms with Crippen LogP contribution < -0.4 is 15.9 Å². The highest BCUT2D eigenvalue weighted by Crippen LogP contribution is 2.55. The minimum atomic E-state index is -2.89. The summed E-state index contributed by atoms with van der Waals surface area (Å²) in [5, 5.41) is 5.36. The molecule has 0 radical (unpaired) electrons. The third-order valence-corrected chi connectivity index (χ3v) is 10.0. The molecular formula is C24H15OPS. The average Bonchev–Trinajstić information content (AvgIpc) is 3.23. The Kier molecular flexibility index (Phi) is 3.09. The smallest absolute Gasteiger partial charge is 0.173 e. The molecule has 1 unspecified atom stereocenters. The summed E-state index contributed by atoms with van der Waals surface area (Å²) in [5.74, 6) is 0. The lowest BCUT2D eigenvalue weighted by Crippen LogP contribution is -2.20. The predicted octanol–water partition coefficient (Wildman–Crippen LogP) is 5.67. The van der Waals surface area contributed by atoms with Gasteiger partial charge in [0.05, 0.1) is 0 Å². The van der Waals surface area contributed by atoms with Crippen LogP contribution in [0.25, 0.3) is 31.3 Å². The van der Waals surface area contributed by atoms with Crippen molar-refractivity contribution in [1.29, 1.82) is 0 Å². The van der Waals surface area contributed by atoms with E-state index in [4.69, 9.17) is 0 Å². The van der Waals surface area contributed by atoms with Gasteiger partial charge in [-0.25, -0.2) is 0 Å². The molecule has 128 valence electrons. The van der Waals surface area contributed by atoms with Gasteiger partial charge in [0.1, 0.15) is 0 Å². The van der Waals surface area contributed by atoms with E-state index in [2.05, 4.69) is 42.5 Å². The summed E-state index contributed by atoms with van der Waals surface area (Å²) in [6, 6.07) is 31.0. The fraction of sp³-hybridized carbons (Fsp3) is 0. The van der Waals surface area contributed by atoms with E-state index in [0.717, 1.165) is 31.7 Å². The molecule has 0 amide bonds. The summed E-state index contributed by atoms with van der Waals surface area (Å²) < 4.78 is 17.2. The maximum atomic E-state index is 14.8. The average molecular weight is 382 g/mol. The topological polar surface area (TPSA) is 17.1 Å². The number of hydrogen-bond acceptors (Lipinski definition) is 2. The molecule has 0 saturated heterocycles. The van der Waals surface area contributed by atoms with E-state index in [1.165, 1.54) is 15.5 Å². The lowest BCUT2D eigenvalue weighted by Gasteiger charge is -2.16. The lowest BCUT2D eigenvalue weighted by molar-refractivity contribution is 0.593. The van der Waals surface area contributed by atoms with Gasteiger partial charge in [-0.05, 0) is 17.2 Å². The third kappa shape index (κ3) is 1.92. The minimum Gasteiger partial charge on any atom is -0.309 e. The molecule has 1 aliphatic rings. The van der Waals surface area contributed by atoms with Gasteiger partial charge in [-0.2, -0.15) is 0 Å². The van der Waals surface area contributed by atoms with Gasteiger partial charge in [-0.3, -0.25) is 0 Å². The summed E-state index contributed by atoms with van der Waals surface area (Å²) in [4.78, 5) is 0. The maximum Gasteiger partial charge on any atom is 0.173 e. The molecule has 4 aromatic carbocycles. The molecule has 0 saturated carbocycles. The van der Waals surface area contributed by atoms with Crippen LogP contribution in [0.2, 0.25) is 0 Å². The zero-order chi connectivity index (χ0) is 18.0. The van der Waals surface area contributed by atoms with Crippen LogP contribution in [0.3, 0.4) is 0 Å². The highest BCUT2D eigenvalue weighted by Gasteiger charge is 2.41. The van der Waals surface area contributed by atoms with Crippen molar-refractivity contribution < 1.29 is 4.57 Å². The van der Waals surface area contributed by atoms with E-state index >= 15 is 0 Å². The molecule has 3 heteroatoms. The van der Waals surface area contributed by atoms with Gasteiger partial charge >= 0.3 is 0 Å². The van der Waals surface area contributed by atoms with Crippen LogP contribution in [0, 0.1) is 0 Å². The first kappa shape index (κ1) is 15.4. The molecule has 0 N–H and O–H groups in total. The van der Waals surface area contributed by atoms with E-state index < -0.39 is 7.14 Å². The third-order valence-electron chi connectivity index (χ3n) is 5.49. The highest BCUT2D eigenvalue weighted by atomic mass is 32.1. The summed E-state index contributed by atoms with van der Waals surface area (Å²) in [7, 11) is -2.89. The van der Waals surface area contributed by atoms with Crippen LogP contribution >= 0.6 is 18.5 Å². The first-order chi connectivity index (χ1) is 13.3.